The van der Waals surface area contributed by atoms with Crippen molar-refractivity contribution in [2.24, 2.45) is 0 Å². The van der Waals surface area contributed by atoms with Crippen LogP contribution in [0.15, 0.2) is 24.3 Å². The van der Waals surface area contributed by atoms with E-state index in [1.165, 1.54) is 18.2 Å². The first-order chi connectivity index (χ1) is 6.15. The smallest absolute Gasteiger partial charge is 0.195 e. The number of hydrogen-bond donors (Lipinski definition) is 0. The van der Waals surface area contributed by atoms with E-state index in [9.17, 15) is 9.18 Å². The van der Waals surface area contributed by atoms with Gasteiger partial charge in [0.05, 0.1) is 6.07 Å². The average Bonchev–Trinajstić information content (AvgIpc) is 2.15. The summed E-state index contributed by atoms with van der Waals surface area (Å²) >= 11 is 5.37. The summed E-state index contributed by atoms with van der Waals surface area (Å²) in [7, 11) is 0. The van der Waals surface area contributed by atoms with Crippen LogP contribution in [0.4, 0.5) is 4.39 Å². The van der Waals surface area contributed by atoms with E-state index in [-0.39, 0.29) is 5.56 Å². The fourth-order valence-corrected chi connectivity index (χ4v) is 0.973. The first kappa shape index (κ1) is 9.69. The van der Waals surface area contributed by atoms with Crippen molar-refractivity contribution in [3.63, 3.8) is 0 Å². The van der Waals surface area contributed by atoms with E-state index in [2.05, 4.69) is 0 Å². The fourth-order valence-electron chi connectivity index (χ4n) is 0.847. The molecule has 0 N–H and O–H groups in total. The SMILES string of the molecule is N#CC(Cl)C(=O)c1cccc(F)c1. The standard InChI is InChI=1S/C9H5ClFNO/c10-8(5-12)9(13)6-2-1-3-7(11)4-6/h1-4,8H. The number of halogens is 2. The minimum absolute atomic E-state index is 0.113. The minimum Gasteiger partial charge on any atom is -0.291 e. The van der Waals surface area contributed by atoms with Gasteiger partial charge in [-0.3, -0.25) is 4.79 Å². The number of alkyl halides is 1. The maximum absolute atomic E-state index is 12.6. The lowest BCUT2D eigenvalue weighted by Crippen LogP contribution is -2.12. The molecule has 1 aromatic rings. The number of nitrogens with zero attached hydrogens (tertiary/aromatic N) is 1. The minimum atomic E-state index is -1.25. The van der Waals surface area contributed by atoms with Crippen molar-refractivity contribution in [1.82, 2.24) is 0 Å². The molecule has 0 saturated carbocycles. The molecule has 1 unspecified atom stereocenters. The summed E-state index contributed by atoms with van der Waals surface area (Å²) in [6, 6.07) is 6.65. The molecule has 0 radical (unpaired) electrons. The number of benzene rings is 1. The first-order valence-corrected chi connectivity index (χ1v) is 3.92. The van der Waals surface area contributed by atoms with Gasteiger partial charge in [-0.15, -0.1) is 0 Å². The Hall–Kier alpha value is -1.40. The molecule has 0 spiro atoms. The molecule has 2 nitrogen and oxygen atoms in total. The molecule has 0 heterocycles. The van der Waals surface area contributed by atoms with Crippen molar-refractivity contribution in [3.05, 3.63) is 35.6 Å². The van der Waals surface area contributed by atoms with Crippen LogP contribution in [0, 0.1) is 17.1 Å². The second-order valence-electron chi connectivity index (χ2n) is 2.37. The van der Waals surface area contributed by atoms with Gasteiger partial charge in [0.25, 0.3) is 0 Å². The highest BCUT2D eigenvalue weighted by Crippen LogP contribution is 2.09. The highest BCUT2D eigenvalue weighted by molar-refractivity contribution is 6.35. The quantitative estimate of drug-likeness (QED) is 0.538. The monoisotopic (exact) mass is 197 g/mol. The van der Waals surface area contributed by atoms with E-state index >= 15 is 0 Å². The van der Waals surface area contributed by atoms with Gasteiger partial charge in [-0.05, 0) is 12.1 Å². The lowest BCUT2D eigenvalue weighted by molar-refractivity contribution is 0.100. The molecule has 0 bridgehead atoms. The molecule has 0 fully saturated rings. The molecule has 1 rings (SSSR count). The van der Waals surface area contributed by atoms with Gasteiger partial charge in [-0.2, -0.15) is 5.26 Å². The second-order valence-corrected chi connectivity index (χ2v) is 2.80. The summed E-state index contributed by atoms with van der Waals surface area (Å²) in [5, 5.41) is 7.09. The molecular formula is C9H5ClFNO. The van der Waals surface area contributed by atoms with E-state index in [4.69, 9.17) is 16.9 Å². The third kappa shape index (κ3) is 2.27. The molecule has 0 aliphatic carbocycles. The normalized spacial score (nSPS) is 11.8. The van der Waals surface area contributed by atoms with Gasteiger partial charge in [-0.1, -0.05) is 23.7 Å². The van der Waals surface area contributed by atoms with Crippen LogP contribution in [0.2, 0.25) is 0 Å². The van der Waals surface area contributed by atoms with Crippen LogP contribution < -0.4 is 0 Å². The topological polar surface area (TPSA) is 40.9 Å². The fraction of sp³-hybridized carbons (Fsp3) is 0.111. The van der Waals surface area contributed by atoms with Gasteiger partial charge in [0, 0.05) is 5.56 Å². The summed E-state index contributed by atoms with van der Waals surface area (Å²) in [5.74, 6) is -1.10. The zero-order valence-electron chi connectivity index (χ0n) is 6.50. The number of carbonyl (C=O) groups is 1. The number of hydrogen-bond acceptors (Lipinski definition) is 2. The van der Waals surface area contributed by atoms with Gasteiger partial charge in [0.15, 0.2) is 11.2 Å². The Balaban J connectivity index is 2.97. The number of ketones is 1. The van der Waals surface area contributed by atoms with Gasteiger partial charge in [-0.25, -0.2) is 4.39 Å². The number of rotatable bonds is 2. The van der Waals surface area contributed by atoms with Crippen LogP contribution >= 0.6 is 11.6 Å². The molecule has 1 aromatic carbocycles. The van der Waals surface area contributed by atoms with Crippen molar-refractivity contribution in [1.29, 1.82) is 5.26 Å². The van der Waals surface area contributed by atoms with Crippen molar-refractivity contribution >= 4 is 17.4 Å². The van der Waals surface area contributed by atoms with E-state index in [1.54, 1.807) is 6.07 Å². The van der Waals surface area contributed by atoms with Crippen LogP contribution in [0.3, 0.4) is 0 Å². The molecule has 66 valence electrons. The molecule has 0 aromatic heterocycles. The summed E-state index contributed by atoms with van der Waals surface area (Å²) in [4.78, 5) is 11.2. The van der Waals surface area contributed by atoms with Gasteiger partial charge >= 0.3 is 0 Å². The number of carbonyl (C=O) groups excluding carboxylic acids is 1. The van der Waals surface area contributed by atoms with Gasteiger partial charge < -0.3 is 0 Å². The van der Waals surface area contributed by atoms with Gasteiger partial charge in [0.1, 0.15) is 5.82 Å². The Kier molecular flexibility index (Phi) is 2.99. The lowest BCUT2D eigenvalue weighted by atomic mass is 10.1. The highest BCUT2D eigenvalue weighted by atomic mass is 35.5. The number of Topliss-reactive ketones (excluding diaryl/α,β-unsaturated/α-hetero) is 1. The molecule has 4 heteroatoms. The van der Waals surface area contributed by atoms with E-state index in [0.29, 0.717) is 0 Å². The van der Waals surface area contributed by atoms with Gasteiger partial charge in [0.2, 0.25) is 0 Å². The lowest BCUT2D eigenvalue weighted by Gasteiger charge is -1.99. The molecule has 1 atom stereocenters. The van der Waals surface area contributed by atoms with E-state index < -0.39 is 17.0 Å². The third-order valence-corrected chi connectivity index (χ3v) is 1.75. The van der Waals surface area contributed by atoms with Crippen molar-refractivity contribution < 1.29 is 9.18 Å². The third-order valence-electron chi connectivity index (χ3n) is 1.45. The first-order valence-electron chi connectivity index (χ1n) is 3.48. The zero-order valence-corrected chi connectivity index (χ0v) is 7.25. The maximum Gasteiger partial charge on any atom is 0.195 e. The Morgan fingerprint density at radius 2 is 2.31 bits per heavy atom. The van der Waals surface area contributed by atoms with Crippen LogP contribution in [0.1, 0.15) is 10.4 Å². The average molecular weight is 198 g/mol. The predicted molar refractivity (Wildman–Crippen MR) is 46.0 cm³/mol. The summed E-state index contributed by atoms with van der Waals surface area (Å²) in [6.07, 6.45) is 0. The Bertz CT molecular complexity index is 372. The Labute approximate surface area is 79.5 Å². The van der Waals surface area contributed by atoms with Crippen LogP contribution in [0.5, 0.6) is 0 Å². The number of nitriles is 1. The van der Waals surface area contributed by atoms with E-state index in [1.807, 2.05) is 0 Å². The second kappa shape index (κ2) is 4.01. The molecule has 0 aliphatic rings. The van der Waals surface area contributed by atoms with Crippen molar-refractivity contribution in [2.45, 2.75) is 5.38 Å². The molecule has 0 amide bonds. The Morgan fingerprint density at radius 1 is 1.62 bits per heavy atom. The Morgan fingerprint density at radius 3 is 2.85 bits per heavy atom. The van der Waals surface area contributed by atoms with Crippen LogP contribution in [-0.2, 0) is 0 Å². The van der Waals surface area contributed by atoms with Crippen LogP contribution in [0.25, 0.3) is 0 Å². The maximum atomic E-state index is 12.6. The van der Waals surface area contributed by atoms with Crippen molar-refractivity contribution in [2.75, 3.05) is 0 Å². The molecule has 0 aliphatic heterocycles. The summed E-state index contributed by atoms with van der Waals surface area (Å²) < 4.78 is 12.6. The largest absolute Gasteiger partial charge is 0.291 e. The molecule has 0 saturated heterocycles. The predicted octanol–water partition coefficient (Wildman–Crippen LogP) is 2.14. The van der Waals surface area contributed by atoms with Crippen LogP contribution in [-0.4, -0.2) is 11.2 Å². The zero-order chi connectivity index (χ0) is 9.84. The van der Waals surface area contributed by atoms with E-state index in [0.717, 1.165) is 6.07 Å². The highest BCUT2D eigenvalue weighted by Gasteiger charge is 2.16. The summed E-state index contributed by atoms with van der Waals surface area (Å²) in [5.41, 5.74) is 0.113. The molecule has 13 heavy (non-hydrogen) atoms. The summed E-state index contributed by atoms with van der Waals surface area (Å²) in [6.45, 7) is 0. The molecular weight excluding hydrogens is 193 g/mol. The van der Waals surface area contributed by atoms with Crippen molar-refractivity contribution in [3.8, 4) is 6.07 Å².